The summed E-state index contributed by atoms with van der Waals surface area (Å²) < 4.78 is 0. The predicted octanol–water partition coefficient (Wildman–Crippen LogP) is 4.67. The van der Waals surface area contributed by atoms with Gasteiger partial charge in [-0.15, -0.1) is 0 Å². The van der Waals surface area contributed by atoms with Gasteiger partial charge in [-0.25, -0.2) is 0 Å². The van der Waals surface area contributed by atoms with E-state index in [1.54, 1.807) is 5.56 Å². The molecule has 0 nitrogen and oxygen atoms in total. The van der Waals surface area contributed by atoms with E-state index in [9.17, 15) is 0 Å². The van der Waals surface area contributed by atoms with E-state index in [0.29, 0.717) is 10.2 Å². The van der Waals surface area contributed by atoms with Crippen molar-refractivity contribution in [3.05, 3.63) is 35.9 Å². The van der Waals surface area contributed by atoms with Crippen molar-refractivity contribution in [1.82, 2.24) is 0 Å². The van der Waals surface area contributed by atoms with Gasteiger partial charge in [-0.05, 0) is 30.2 Å². The number of rotatable bonds is 3. The van der Waals surface area contributed by atoms with Gasteiger partial charge in [0.05, 0.1) is 0 Å². The number of hydrogen-bond acceptors (Lipinski definition) is 0. The van der Waals surface area contributed by atoms with Crippen molar-refractivity contribution in [2.45, 2.75) is 49.3 Å². The van der Waals surface area contributed by atoms with E-state index in [2.05, 4.69) is 53.2 Å². The average molecular weight is 267 g/mol. The second-order valence-corrected chi connectivity index (χ2v) is 6.40. The lowest BCUT2D eigenvalue weighted by Gasteiger charge is -2.31. The highest BCUT2D eigenvalue weighted by Crippen LogP contribution is 2.45. The largest absolute Gasteiger partial charge is 0.0893 e. The van der Waals surface area contributed by atoms with Gasteiger partial charge in [0.25, 0.3) is 0 Å². The van der Waals surface area contributed by atoms with Gasteiger partial charge in [-0.2, -0.15) is 0 Å². The van der Waals surface area contributed by atoms with Crippen molar-refractivity contribution in [1.29, 1.82) is 0 Å². The average Bonchev–Trinajstić information content (AvgIpc) is 2.68. The lowest BCUT2D eigenvalue weighted by molar-refractivity contribution is 0.408. The Hall–Kier alpha value is -0.300. The van der Waals surface area contributed by atoms with Crippen LogP contribution in [-0.4, -0.2) is 4.83 Å². The molecule has 1 aromatic rings. The zero-order chi connectivity index (χ0) is 10.7. The standard InChI is InChI=1S/C14H19Br/c1-12(15)11-14(9-5-6-10-14)13-7-3-2-4-8-13/h2-4,7-8,12H,5-6,9-11H2,1H3. The van der Waals surface area contributed by atoms with Crippen molar-refractivity contribution in [3.63, 3.8) is 0 Å². The number of alkyl halides is 1. The van der Waals surface area contributed by atoms with Crippen molar-refractivity contribution in [2.24, 2.45) is 0 Å². The molecule has 1 heteroatoms. The predicted molar refractivity (Wildman–Crippen MR) is 69.6 cm³/mol. The third kappa shape index (κ3) is 2.44. The minimum atomic E-state index is 0.462. The van der Waals surface area contributed by atoms with Gasteiger partial charge in [0, 0.05) is 4.83 Å². The lowest BCUT2D eigenvalue weighted by atomic mass is 9.75. The van der Waals surface area contributed by atoms with Gasteiger partial charge in [0.2, 0.25) is 0 Å². The molecule has 2 rings (SSSR count). The zero-order valence-electron chi connectivity index (χ0n) is 9.38. The van der Waals surface area contributed by atoms with Gasteiger partial charge in [-0.3, -0.25) is 0 Å². The number of hydrogen-bond donors (Lipinski definition) is 0. The van der Waals surface area contributed by atoms with Crippen LogP contribution in [0.1, 0.15) is 44.6 Å². The van der Waals surface area contributed by atoms with Gasteiger partial charge in [0.1, 0.15) is 0 Å². The molecule has 1 aliphatic carbocycles. The molecule has 0 spiro atoms. The summed E-state index contributed by atoms with van der Waals surface area (Å²) in [6.07, 6.45) is 6.81. The van der Waals surface area contributed by atoms with E-state index in [1.165, 1.54) is 32.1 Å². The number of halogens is 1. The first-order chi connectivity index (χ1) is 7.23. The van der Waals surface area contributed by atoms with E-state index in [4.69, 9.17) is 0 Å². The molecule has 15 heavy (non-hydrogen) atoms. The van der Waals surface area contributed by atoms with Gasteiger partial charge < -0.3 is 0 Å². The van der Waals surface area contributed by atoms with Crippen molar-refractivity contribution in [3.8, 4) is 0 Å². The maximum Gasteiger partial charge on any atom is 0.0126 e. The minimum Gasteiger partial charge on any atom is -0.0893 e. The molecule has 1 saturated carbocycles. The molecule has 0 N–H and O–H groups in total. The summed E-state index contributed by atoms with van der Waals surface area (Å²) in [4.78, 5) is 0.621. The maximum absolute atomic E-state index is 3.72. The Morgan fingerprint density at radius 3 is 2.33 bits per heavy atom. The highest BCUT2D eigenvalue weighted by molar-refractivity contribution is 9.09. The summed E-state index contributed by atoms with van der Waals surface area (Å²) in [5.41, 5.74) is 2.01. The van der Waals surface area contributed by atoms with Crippen LogP contribution in [0.3, 0.4) is 0 Å². The van der Waals surface area contributed by atoms with E-state index in [-0.39, 0.29) is 0 Å². The van der Waals surface area contributed by atoms with Crippen LogP contribution in [0.15, 0.2) is 30.3 Å². The second-order valence-electron chi connectivity index (χ2n) is 4.84. The summed E-state index contributed by atoms with van der Waals surface area (Å²) in [5, 5.41) is 0. The highest BCUT2D eigenvalue weighted by Gasteiger charge is 2.35. The molecule has 0 aliphatic heterocycles. The van der Waals surface area contributed by atoms with Gasteiger partial charge in [0.15, 0.2) is 0 Å². The van der Waals surface area contributed by atoms with Crippen LogP contribution in [0.4, 0.5) is 0 Å². The third-order valence-corrected chi connectivity index (χ3v) is 3.94. The molecule has 82 valence electrons. The van der Waals surface area contributed by atoms with Crippen LogP contribution >= 0.6 is 15.9 Å². The minimum absolute atomic E-state index is 0.462. The Labute approximate surface area is 101 Å². The fourth-order valence-corrected chi connectivity index (χ4v) is 3.61. The first-order valence-corrected chi connectivity index (χ1v) is 6.84. The quantitative estimate of drug-likeness (QED) is 0.698. The molecular weight excluding hydrogens is 248 g/mol. The summed E-state index contributed by atoms with van der Waals surface area (Å²) in [7, 11) is 0. The molecular formula is C14H19Br. The third-order valence-electron chi connectivity index (χ3n) is 3.62. The Morgan fingerprint density at radius 2 is 1.80 bits per heavy atom. The van der Waals surface area contributed by atoms with Crippen LogP contribution in [0.25, 0.3) is 0 Å². The maximum atomic E-state index is 3.72. The molecule has 0 saturated heterocycles. The van der Waals surface area contributed by atoms with Crippen LogP contribution < -0.4 is 0 Å². The van der Waals surface area contributed by atoms with E-state index < -0.39 is 0 Å². The lowest BCUT2D eigenvalue weighted by Crippen LogP contribution is -2.24. The van der Waals surface area contributed by atoms with E-state index >= 15 is 0 Å². The fourth-order valence-electron chi connectivity index (χ4n) is 2.99. The fraction of sp³-hybridized carbons (Fsp3) is 0.571. The Morgan fingerprint density at radius 1 is 1.20 bits per heavy atom. The first-order valence-electron chi connectivity index (χ1n) is 5.93. The summed E-state index contributed by atoms with van der Waals surface area (Å²) in [6, 6.07) is 11.1. The molecule has 1 fully saturated rings. The normalized spacial score (nSPS) is 21.5. The van der Waals surface area contributed by atoms with Crippen LogP contribution in [0.5, 0.6) is 0 Å². The van der Waals surface area contributed by atoms with Gasteiger partial charge in [-0.1, -0.05) is 66.0 Å². The SMILES string of the molecule is CC(Br)CC1(c2ccccc2)CCCC1. The Bertz CT molecular complexity index is 296. The first kappa shape index (κ1) is 11.2. The Balaban J connectivity index is 2.26. The molecule has 0 aromatic heterocycles. The highest BCUT2D eigenvalue weighted by atomic mass is 79.9. The van der Waals surface area contributed by atoms with Gasteiger partial charge >= 0.3 is 0 Å². The molecule has 0 radical (unpaired) electrons. The van der Waals surface area contributed by atoms with Crippen LogP contribution in [0, 0.1) is 0 Å². The monoisotopic (exact) mass is 266 g/mol. The molecule has 1 aliphatic rings. The summed E-state index contributed by atoms with van der Waals surface area (Å²) in [6.45, 7) is 2.27. The Kier molecular flexibility index (Phi) is 3.50. The van der Waals surface area contributed by atoms with Crippen molar-refractivity contribution < 1.29 is 0 Å². The summed E-state index contributed by atoms with van der Waals surface area (Å²) >= 11 is 3.72. The molecule has 0 heterocycles. The van der Waals surface area contributed by atoms with Crippen molar-refractivity contribution >= 4 is 15.9 Å². The summed E-state index contributed by atoms with van der Waals surface area (Å²) in [5.74, 6) is 0. The molecule has 0 amide bonds. The topological polar surface area (TPSA) is 0 Å². The smallest absolute Gasteiger partial charge is 0.0126 e. The molecule has 1 aromatic carbocycles. The second kappa shape index (κ2) is 4.69. The number of benzene rings is 1. The van der Waals surface area contributed by atoms with Crippen LogP contribution in [0.2, 0.25) is 0 Å². The van der Waals surface area contributed by atoms with Crippen molar-refractivity contribution in [2.75, 3.05) is 0 Å². The molecule has 0 bridgehead atoms. The zero-order valence-corrected chi connectivity index (χ0v) is 11.0. The van der Waals surface area contributed by atoms with E-state index in [1.807, 2.05) is 0 Å². The van der Waals surface area contributed by atoms with E-state index in [0.717, 1.165) is 0 Å². The molecule has 1 unspecified atom stereocenters. The van der Waals surface area contributed by atoms with Crippen LogP contribution in [-0.2, 0) is 5.41 Å². The molecule has 1 atom stereocenters.